The van der Waals surface area contributed by atoms with E-state index < -0.39 is 0 Å². The van der Waals surface area contributed by atoms with Crippen molar-refractivity contribution in [1.82, 2.24) is 9.97 Å². The molecule has 2 heterocycles. The van der Waals surface area contributed by atoms with E-state index in [9.17, 15) is 0 Å². The number of thiophene rings is 1. The minimum absolute atomic E-state index is 0.448. The van der Waals surface area contributed by atoms with Crippen molar-refractivity contribution in [1.29, 1.82) is 0 Å². The lowest BCUT2D eigenvalue weighted by Crippen LogP contribution is -2.00. The molecule has 78 valence electrons. The van der Waals surface area contributed by atoms with Crippen molar-refractivity contribution in [3.8, 4) is 11.4 Å². The zero-order valence-electron chi connectivity index (χ0n) is 8.30. The number of nitrogens with zero attached hydrogens (tertiary/aromatic N) is 2. The lowest BCUT2D eigenvalue weighted by Gasteiger charge is -2.03. The Hall–Kier alpha value is -1.46. The van der Waals surface area contributed by atoms with Crippen LogP contribution in [0, 0.1) is 0 Å². The van der Waals surface area contributed by atoms with Crippen LogP contribution in [0.15, 0.2) is 22.9 Å². The average Bonchev–Trinajstić information content (AvgIpc) is 2.70. The summed E-state index contributed by atoms with van der Waals surface area (Å²) < 4.78 is 5.01. The molecular weight excluding hydrogens is 210 g/mol. The topological polar surface area (TPSA) is 61.0 Å². The van der Waals surface area contributed by atoms with Crippen LogP contribution in [0.1, 0.15) is 5.69 Å². The molecule has 0 atom stereocenters. The smallest absolute Gasteiger partial charge is 0.162 e. The zero-order valence-corrected chi connectivity index (χ0v) is 9.12. The fourth-order valence-electron chi connectivity index (χ4n) is 1.26. The number of ether oxygens (including phenoxy) is 1. The highest BCUT2D eigenvalue weighted by Gasteiger charge is 2.05. The number of aromatic nitrogens is 2. The quantitative estimate of drug-likeness (QED) is 0.860. The van der Waals surface area contributed by atoms with Crippen LogP contribution in [0.4, 0.5) is 5.82 Å². The van der Waals surface area contributed by atoms with Crippen molar-refractivity contribution in [3.05, 3.63) is 28.6 Å². The summed E-state index contributed by atoms with van der Waals surface area (Å²) in [5.41, 5.74) is 7.48. The predicted octanol–water partition coefficient (Wildman–Crippen LogP) is 1.93. The predicted molar refractivity (Wildman–Crippen MR) is 60.5 cm³/mol. The molecule has 0 amide bonds. The van der Waals surface area contributed by atoms with Gasteiger partial charge in [0, 0.05) is 24.1 Å². The fourth-order valence-corrected chi connectivity index (χ4v) is 1.90. The van der Waals surface area contributed by atoms with Gasteiger partial charge in [0.1, 0.15) is 5.82 Å². The van der Waals surface area contributed by atoms with E-state index >= 15 is 0 Å². The third-order valence-corrected chi connectivity index (χ3v) is 2.55. The average molecular weight is 221 g/mol. The van der Waals surface area contributed by atoms with Gasteiger partial charge in [0.25, 0.3) is 0 Å². The second-order valence-electron chi connectivity index (χ2n) is 3.05. The summed E-state index contributed by atoms with van der Waals surface area (Å²) in [7, 11) is 1.63. The first kappa shape index (κ1) is 10.1. The second-order valence-corrected chi connectivity index (χ2v) is 3.83. The first-order valence-corrected chi connectivity index (χ1v) is 5.39. The van der Waals surface area contributed by atoms with E-state index in [0.29, 0.717) is 18.2 Å². The summed E-state index contributed by atoms with van der Waals surface area (Å²) in [5, 5.41) is 3.98. The van der Waals surface area contributed by atoms with Crippen LogP contribution in [-0.2, 0) is 11.3 Å². The Labute approximate surface area is 91.8 Å². The molecule has 15 heavy (non-hydrogen) atoms. The Kier molecular flexibility index (Phi) is 2.94. The molecule has 0 aliphatic rings. The monoisotopic (exact) mass is 221 g/mol. The van der Waals surface area contributed by atoms with Gasteiger partial charge in [0.05, 0.1) is 12.3 Å². The Morgan fingerprint density at radius 1 is 1.47 bits per heavy atom. The van der Waals surface area contributed by atoms with Crippen LogP contribution in [0.3, 0.4) is 0 Å². The third-order valence-electron chi connectivity index (χ3n) is 1.87. The van der Waals surface area contributed by atoms with Crippen LogP contribution in [0.2, 0.25) is 0 Å². The molecule has 0 saturated carbocycles. The number of nitrogens with two attached hydrogens (primary N) is 1. The van der Waals surface area contributed by atoms with Crippen molar-refractivity contribution in [3.63, 3.8) is 0 Å². The Morgan fingerprint density at radius 2 is 2.33 bits per heavy atom. The van der Waals surface area contributed by atoms with E-state index in [-0.39, 0.29) is 0 Å². The first-order valence-electron chi connectivity index (χ1n) is 4.44. The van der Waals surface area contributed by atoms with E-state index in [1.54, 1.807) is 24.5 Å². The molecule has 2 aromatic heterocycles. The molecule has 4 nitrogen and oxygen atoms in total. The van der Waals surface area contributed by atoms with Crippen LogP contribution >= 0.6 is 11.3 Å². The van der Waals surface area contributed by atoms with Gasteiger partial charge in [-0.1, -0.05) is 0 Å². The van der Waals surface area contributed by atoms with Gasteiger partial charge in [-0.15, -0.1) is 0 Å². The summed E-state index contributed by atoms with van der Waals surface area (Å²) in [6, 6.07) is 3.69. The summed E-state index contributed by atoms with van der Waals surface area (Å²) in [6.45, 7) is 0.448. The van der Waals surface area contributed by atoms with Gasteiger partial charge in [0.2, 0.25) is 0 Å². The number of nitrogen functional groups attached to an aromatic ring is 1. The van der Waals surface area contributed by atoms with Gasteiger partial charge >= 0.3 is 0 Å². The van der Waals surface area contributed by atoms with Crippen LogP contribution in [0.25, 0.3) is 11.4 Å². The summed E-state index contributed by atoms with van der Waals surface area (Å²) in [5.74, 6) is 1.13. The van der Waals surface area contributed by atoms with E-state index in [1.165, 1.54) is 0 Å². The van der Waals surface area contributed by atoms with Crippen molar-refractivity contribution in [2.45, 2.75) is 6.61 Å². The molecule has 0 spiro atoms. The van der Waals surface area contributed by atoms with Crippen LogP contribution in [-0.4, -0.2) is 17.1 Å². The van der Waals surface area contributed by atoms with Gasteiger partial charge in [-0.2, -0.15) is 11.3 Å². The van der Waals surface area contributed by atoms with Crippen molar-refractivity contribution >= 4 is 17.2 Å². The number of hydrogen-bond acceptors (Lipinski definition) is 5. The molecule has 0 radical (unpaired) electrons. The van der Waals surface area contributed by atoms with Gasteiger partial charge in [-0.25, -0.2) is 9.97 Å². The van der Waals surface area contributed by atoms with Crippen LogP contribution in [0.5, 0.6) is 0 Å². The molecule has 0 unspecified atom stereocenters. The molecule has 0 bridgehead atoms. The zero-order chi connectivity index (χ0) is 10.7. The number of rotatable bonds is 3. The van der Waals surface area contributed by atoms with E-state index in [0.717, 1.165) is 11.3 Å². The minimum atomic E-state index is 0.448. The van der Waals surface area contributed by atoms with Gasteiger partial charge < -0.3 is 10.5 Å². The van der Waals surface area contributed by atoms with Crippen molar-refractivity contribution in [2.24, 2.45) is 0 Å². The molecule has 2 aromatic rings. The Balaban J connectivity index is 2.40. The maximum atomic E-state index is 5.69. The molecule has 0 aliphatic heterocycles. The number of methoxy groups -OCH3 is 1. The lowest BCUT2D eigenvalue weighted by atomic mass is 10.3. The first-order chi connectivity index (χ1) is 7.29. The standard InChI is InChI=1S/C10H11N3OS/c1-14-5-8-4-9(11)13-10(12-8)7-2-3-15-6-7/h2-4,6H,5H2,1H3,(H2,11,12,13). The highest BCUT2D eigenvalue weighted by molar-refractivity contribution is 7.08. The molecule has 0 aromatic carbocycles. The maximum absolute atomic E-state index is 5.69. The highest BCUT2D eigenvalue weighted by atomic mass is 32.1. The summed E-state index contributed by atoms with van der Waals surface area (Å²) >= 11 is 1.61. The van der Waals surface area contributed by atoms with Crippen molar-refractivity contribution in [2.75, 3.05) is 12.8 Å². The molecular formula is C10H11N3OS. The van der Waals surface area contributed by atoms with E-state index in [2.05, 4.69) is 9.97 Å². The molecule has 5 heteroatoms. The van der Waals surface area contributed by atoms with Gasteiger partial charge in [-0.05, 0) is 11.4 Å². The molecule has 0 fully saturated rings. The molecule has 0 aliphatic carbocycles. The third kappa shape index (κ3) is 2.31. The second kappa shape index (κ2) is 4.37. The SMILES string of the molecule is COCc1cc(N)nc(-c2ccsc2)n1. The number of anilines is 1. The van der Waals surface area contributed by atoms with E-state index in [4.69, 9.17) is 10.5 Å². The molecule has 2 N–H and O–H groups in total. The molecule has 2 rings (SSSR count). The van der Waals surface area contributed by atoms with Gasteiger partial charge in [-0.3, -0.25) is 0 Å². The normalized spacial score (nSPS) is 10.5. The fraction of sp³-hybridized carbons (Fsp3) is 0.200. The Morgan fingerprint density at radius 3 is 3.00 bits per heavy atom. The maximum Gasteiger partial charge on any atom is 0.162 e. The van der Waals surface area contributed by atoms with Gasteiger partial charge in [0.15, 0.2) is 5.82 Å². The Bertz CT molecular complexity index is 442. The van der Waals surface area contributed by atoms with E-state index in [1.807, 2.05) is 16.8 Å². The minimum Gasteiger partial charge on any atom is -0.384 e. The van der Waals surface area contributed by atoms with Crippen LogP contribution < -0.4 is 5.73 Å². The molecule has 0 saturated heterocycles. The largest absolute Gasteiger partial charge is 0.384 e. The lowest BCUT2D eigenvalue weighted by molar-refractivity contribution is 0.181. The summed E-state index contributed by atoms with van der Waals surface area (Å²) in [4.78, 5) is 8.53. The van der Waals surface area contributed by atoms with Crippen molar-refractivity contribution < 1.29 is 4.74 Å². The number of hydrogen-bond donors (Lipinski definition) is 1. The highest BCUT2D eigenvalue weighted by Crippen LogP contribution is 2.19. The summed E-state index contributed by atoms with van der Waals surface area (Å²) in [6.07, 6.45) is 0.